The van der Waals surface area contributed by atoms with Crippen molar-refractivity contribution in [3.63, 3.8) is 0 Å². The van der Waals surface area contributed by atoms with E-state index in [1.807, 2.05) is 24.3 Å². The minimum atomic E-state index is -0.203. The van der Waals surface area contributed by atoms with Crippen LogP contribution in [0.3, 0.4) is 0 Å². The van der Waals surface area contributed by atoms with Gasteiger partial charge in [-0.25, -0.2) is 0 Å². The summed E-state index contributed by atoms with van der Waals surface area (Å²) in [5, 5.41) is 17.7. The number of aliphatic hydroxyl groups excluding tert-OH is 2. The lowest BCUT2D eigenvalue weighted by Gasteiger charge is -2.10. The average Bonchev–Trinajstić information content (AvgIpc) is 2.31. The summed E-state index contributed by atoms with van der Waals surface area (Å²) >= 11 is 0. The first-order valence-electron chi connectivity index (χ1n) is 5.46. The van der Waals surface area contributed by atoms with E-state index < -0.39 is 0 Å². The lowest BCUT2D eigenvalue weighted by atomic mass is 10.0. The van der Waals surface area contributed by atoms with Gasteiger partial charge in [0.1, 0.15) is 0 Å². The van der Waals surface area contributed by atoms with Gasteiger partial charge in [0.25, 0.3) is 0 Å². The molecule has 4 nitrogen and oxygen atoms in total. The summed E-state index contributed by atoms with van der Waals surface area (Å²) in [5.41, 5.74) is 13.5. The van der Waals surface area contributed by atoms with Crippen molar-refractivity contribution in [2.45, 2.75) is 24.9 Å². The first kappa shape index (κ1) is 13.1. The van der Waals surface area contributed by atoms with Crippen molar-refractivity contribution < 1.29 is 10.2 Å². The van der Waals surface area contributed by atoms with E-state index >= 15 is 0 Å². The van der Waals surface area contributed by atoms with E-state index in [0.717, 1.165) is 11.1 Å². The monoisotopic (exact) mass is 224 g/mol. The van der Waals surface area contributed by atoms with E-state index in [9.17, 15) is 0 Å². The molecule has 0 bridgehead atoms. The van der Waals surface area contributed by atoms with Gasteiger partial charge in [-0.05, 0) is 24.0 Å². The summed E-state index contributed by atoms with van der Waals surface area (Å²) in [6, 6.07) is 7.52. The second-order valence-corrected chi connectivity index (χ2v) is 4.11. The van der Waals surface area contributed by atoms with Crippen LogP contribution in [0.4, 0.5) is 0 Å². The van der Waals surface area contributed by atoms with Crippen LogP contribution in [0.1, 0.15) is 11.1 Å². The first-order valence-corrected chi connectivity index (χ1v) is 5.46. The van der Waals surface area contributed by atoms with Crippen LogP contribution < -0.4 is 11.5 Å². The average molecular weight is 224 g/mol. The van der Waals surface area contributed by atoms with E-state index in [1.54, 1.807) is 0 Å². The van der Waals surface area contributed by atoms with Gasteiger partial charge in [-0.2, -0.15) is 0 Å². The molecule has 0 amide bonds. The molecule has 0 aliphatic rings. The Kier molecular flexibility index (Phi) is 5.42. The van der Waals surface area contributed by atoms with Gasteiger partial charge in [0.2, 0.25) is 0 Å². The molecule has 4 heteroatoms. The highest BCUT2D eigenvalue weighted by atomic mass is 16.3. The lowest BCUT2D eigenvalue weighted by molar-refractivity contribution is 0.264. The van der Waals surface area contributed by atoms with Crippen molar-refractivity contribution in [1.29, 1.82) is 0 Å². The van der Waals surface area contributed by atoms with Gasteiger partial charge in [-0.15, -0.1) is 0 Å². The van der Waals surface area contributed by atoms with Crippen LogP contribution in [0, 0.1) is 0 Å². The maximum atomic E-state index is 8.83. The Hall–Kier alpha value is -0.940. The quantitative estimate of drug-likeness (QED) is 0.520. The molecule has 0 aliphatic heterocycles. The summed E-state index contributed by atoms with van der Waals surface area (Å²) in [6.07, 6.45) is 1.34. The maximum Gasteiger partial charge on any atom is 0.0585 e. The molecule has 0 saturated heterocycles. The number of hydrogen-bond donors (Lipinski definition) is 4. The fourth-order valence-electron chi connectivity index (χ4n) is 1.55. The summed E-state index contributed by atoms with van der Waals surface area (Å²) in [6.45, 7) is -0.00568. The summed E-state index contributed by atoms with van der Waals surface area (Å²) in [4.78, 5) is 0. The predicted octanol–water partition coefficient (Wildman–Crippen LogP) is -0.589. The molecular weight excluding hydrogens is 204 g/mol. The largest absolute Gasteiger partial charge is 0.395 e. The molecule has 1 aromatic rings. The second-order valence-electron chi connectivity index (χ2n) is 4.11. The van der Waals surface area contributed by atoms with Crippen LogP contribution >= 0.6 is 0 Å². The van der Waals surface area contributed by atoms with Crippen molar-refractivity contribution in [3.05, 3.63) is 35.4 Å². The van der Waals surface area contributed by atoms with Crippen LogP contribution in [0.2, 0.25) is 0 Å². The Morgan fingerprint density at radius 1 is 0.812 bits per heavy atom. The van der Waals surface area contributed by atoms with Crippen molar-refractivity contribution in [2.75, 3.05) is 13.2 Å². The molecule has 0 saturated carbocycles. The zero-order valence-corrected chi connectivity index (χ0v) is 9.34. The van der Waals surface area contributed by atoms with Gasteiger partial charge >= 0.3 is 0 Å². The Labute approximate surface area is 95.9 Å². The molecule has 0 aromatic heterocycles. The van der Waals surface area contributed by atoms with Crippen molar-refractivity contribution in [2.24, 2.45) is 11.5 Å². The minimum absolute atomic E-state index is 0.00284. The molecule has 1 aromatic carbocycles. The highest BCUT2D eigenvalue weighted by Gasteiger charge is 2.04. The summed E-state index contributed by atoms with van der Waals surface area (Å²) in [5.74, 6) is 0. The molecule has 0 aliphatic carbocycles. The van der Waals surface area contributed by atoms with Crippen molar-refractivity contribution in [1.82, 2.24) is 0 Å². The molecular formula is C12H20N2O2. The number of benzene rings is 1. The highest BCUT2D eigenvalue weighted by Crippen LogP contribution is 2.08. The standard InChI is InChI=1S/C12H20N2O2/c13-11(7-15)5-9-1-2-10(4-3-9)6-12(14)8-16/h1-4,11-12,15-16H,5-8,13-14H2. The van der Waals surface area contributed by atoms with E-state index in [1.165, 1.54) is 0 Å². The molecule has 2 atom stereocenters. The van der Waals surface area contributed by atoms with Gasteiger partial charge in [0.15, 0.2) is 0 Å². The van der Waals surface area contributed by atoms with Crippen LogP contribution in [0.25, 0.3) is 0 Å². The summed E-state index contributed by atoms with van der Waals surface area (Å²) < 4.78 is 0. The molecule has 90 valence electrons. The molecule has 0 spiro atoms. The third kappa shape index (κ3) is 4.28. The molecule has 0 heterocycles. The second kappa shape index (κ2) is 6.60. The van der Waals surface area contributed by atoms with Gasteiger partial charge < -0.3 is 21.7 Å². The van der Waals surface area contributed by atoms with Gasteiger partial charge in [0, 0.05) is 12.1 Å². The molecule has 0 radical (unpaired) electrons. The number of nitrogens with two attached hydrogens (primary N) is 2. The van der Waals surface area contributed by atoms with Crippen LogP contribution in [0.5, 0.6) is 0 Å². The third-order valence-corrected chi connectivity index (χ3v) is 2.49. The molecule has 16 heavy (non-hydrogen) atoms. The molecule has 2 unspecified atom stereocenters. The molecule has 1 rings (SSSR count). The molecule has 0 fully saturated rings. The van der Waals surface area contributed by atoms with Crippen LogP contribution in [0.15, 0.2) is 24.3 Å². The third-order valence-electron chi connectivity index (χ3n) is 2.49. The zero-order chi connectivity index (χ0) is 12.0. The van der Waals surface area contributed by atoms with E-state index in [-0.39, 0.29) is 25.3 Å². The fourth-order valence-corrected chi connectivity index (χ4v) is 1.55. The van der Waals surface area contributed by atoms with Gasteiger partial charge in [0.05, 0.1) is 13.2 Å². The predicted molar refractivity (Wildman–Crippen MR) is 64.0 cm³/mol. The number of rotatable bonds is 6. The van der Waals surface area contributed by atoms with E-state index in [4.69, 9.17) is 21.7 Å². The number of aliphatic hydroxyl groups is 2. The van der Waals surface area contributed by atoms with Crippen LogP contribution in [-0.2, 0) is 12.8 Å². The highest BCUT2D eigenvalue weighted by molar-refractivity contribution is 5.23. The Morgan fingerprint density at radius 2 is 1.12 bits per heavy atom. The van der Waals surface area contributed by atoms with Crippen molar-refractivity contribution in [3.8, 4) is 0 Å². The number of hydrogen-bond acceptors (Lipinski definition) is 4. The fraction of sp³-hybridized carbons (Fsp3) is 0.500. The van der Waals surface area contributed by atoms with Crippen molar-refractivity contribution >= 4 is 0 Å². The van der Waals surface area contributed by atoms with Crippen LogP contribution in [-0.4, -0.2) is 35.5 Å². The van der Waals surface area contributed by atoms with E-state index in [2.05, 4.69) is 0 Å². The SMILES string of the molecule is NC(CO)Cc1ccc(CC(N)CO)cc1. The first-order chi connectivity index (χ1) is 7.65. The van der Waals surface area contributed by atoms with Gasteiger partial charge in [-0.3, -0.25) is 0 Å². The smallest absolute Gasteiger partial charge is 0.0585 e. The molecule has 6 N–H and O–H groups in total. The normalized spacial score (nSPS) is 14.8. The Bertz CT molecular complexity index is 269. The Balaban J connectivity index is 2.54. The zero-order valence-electron chi connectivity index (χ0n) is 9.34. The Morgan fingerprint density at radius 3 is 1.38 bits per heavy atom. The van der Waals surface area contributed by atoms with E-state index in [0.29, 0.717) is 12.8 Å². The summed E-state index contributed by atoms with van der Waals surface area (Å²) in [7, 11) is 0. The maximum absolute atomic E-state index is 8.83. The topological polar surface area (TPSA) is 92.5 Å². The minimum Gasteiger partial charge on any atom is -0.395 e. The lowest BCUT2D eigenvalue weighted by Crippen LogP contribution is -2.27. The van der Waals surface area contributed by atoms with Gasteiger partial charge in [-0.1, -0.05) is 24.3 Å².